The van der Waals surface area contributed by atoms with Gasteiger partial charge in [0.15, 0.2) is 17.7 Å². The molecule has 1 atom stereocenters. The fraction of sp³-hybridized carbons (Fsp3) is 0.529. The molecule has 140 valence electrons. The van der Waals surface area contributed by atoms with Crippen LogP contribution in [0.25, 0.3) is 0 Å². The lowest BCUT2D eigenvalue weighted by Gasteiger charge is -2.30. The summed E-state index contributed by atoms with van der Waals surface area (Å²) in [6, 6.07) is 3.08. The Morgan fingerprint density at radius 1 is 1.16 bits per heavy atom. The highest BCUT2D eigenvalue weighted by Crippen LogP contribution is 2.29. The van der Waals surface area contributed by atoms with Gasteiger partial charge in [0.1, 0.15) is 11.6 Å². The first-order valence-electron chi connectivity index (χ1n) is 7.54. The first-order valence-corrected chi connectivity index (χ1v) is 7.54. The molecule has 0 saturated carbocycles. The lowest BCUT2D eigenvalue weighted by molar-refractivity contribution is -0.337. The van der Waals surface area contributed by atoms with Crippen LogP contribution in [0, 0.1) is 11.7 Å². The van der Waals surface area contributed by atoms with Gasteiger partial charge in [-0.1, -0.05) is 13.8 Å². The van der Waals surface area contributed by atoms with Gasteiger partial charge < -0.3 is 19.4 Å². The zero-order chi connectivity index (χ0) is 19.6. The van der Waals surface area contributed by atoms with Crippen molar-refractivity contribution in [2.24, 2.45) is 5.92 Å². The molecule has 8 heteroatoms. The molecule has 1 aromatic rings. The van der Waals surface area contributed by atoms with E-state index in [1.54, 1.807) is 20.8 Å². The third-order valence-electron chi connectivity index (χ3n) is 3.05. The predicted molar refractivity (Wildman–Crippen MR) is 80.8 cm³/mol. The molecule has 0 bridgehead atoms. The Morgan fingerprint density at radius 2 is 1.72 bits per heavy atom. The summed E-state index contributed by atoms with van der Waals surface area (Å²) in [6.45, 7) is 7.61. The Bertz CT molecular complexity index is 650. The summed E-state index contributed by atoms with van der Waals surface area (Å²) in [6.07, 6.45) is -2.25. The van der Waals surface area contributed by atoms with Crippen molar-refractivity contribution in [2.45, 2.75) is 52.2 Å². The minimum atomic E-state index is -4.38. The molecule has 0 amide bonds. The molecule has 0 aromatic heterocycles. The van der Waals surface area contributed by atoms with E-state index >= 15 is 0 Å². The first-order chi connectivity index (χ1) is 11.3. The Kier molecular flexibility index (Phi) is 6.09. The average molecular weight is 361 g/mol. The Balaban J connectivity index is 3.03. The van der Waals surface area contributed by atoms with E-state index in [0.717, 1.165) is 12.1 Å². The number of carbonyl (C=O) groups excluding carboxylic acids is 2. The van der Waals surface area contributed by atoms with Crippen LogP contribution in [0.15, 0.2) is 18.2 Å². The molecule has 1 rings (SSSR count). The van der Waals surface area contributed by atoms with Crippen LogP contribution in [0.2, 0.25) is 0 Å². The number of hydrogen-bond acceptors (Lipinski definition) is 5. The number of hydrogen-bond donors (Lipinski definition) is 0. The molecule has 0 radical (unpaired) electrons. The van der Waals surface area contributed by atoms with E-state index in [1.165, 1.54) is 19.9 Å². The van der Waals surface area contributed by atoms with Crippen molar-refractivity contribution in [1.82, 2.24) is 0 Å². The molecule has 0 aliphatic heterocycles. The number of ether oxygens (including phenoxy) is 2. The summed E-state index contributed by atoms with van der Waals surface area (Å²) in [5.41, 5.74) is -1.03. The van der Waals surface area contributed by atoms with Gasteiger partial charge in [-0.2, -0.15) is 8.78 Å². The summed E-state index contributed by atoms with van der Waals surface area (Å²) in [7, 11) is 0. The van der Waals surface area contributed by atoms with Crippen LogP contribution >= 0.6 is 0 Å². The van der Waals surface area contributed by atoms with Crippen molar-refractivity contribution in [1.29, 1.82) is 0 Å². The fourth-order valence-electron chi connectivity index (χ4n) is 1.97. The minimum Gasteiger partial charge on any atom is -0.544 e. The van der Waals surface area contributed by atoms with Gasteiger partial charge in [0, 0.05) is 0 Å². The molecule has 1 aromatic carbocycles. The Hall–Kier alpha value is -2.25. The van der Waals surface area contributed by atoms with Crippen molar-refractivity contribution >= 4 is 11.9 Å². The minimum absolute atomic E-state index is 0.121. The molecular formula is C17H20F3O5-. The van der Waals surface area contributed by atoms with Gasteiger partial charge in [-0.05, 0) is 44.9 Å². The van der Waals surface area contributed by atoms with Gasteiger partial charge in [0.05, 0.1) is 5.56 Å². The summed E-state index contributed by atoms with van der Waals surface area (Å²) in [4.78, 5) is 22.6. The van der Waals surface area contributed by atoms with Crippen LogP contribution in [0.1, 0.15) is 45.0 Å². The van der Waals surface area contributed by atoms with Crippen molar-refractivity contribution in [3.63, 3.8) is 0 Å². The molecule has 25 heavy (non-hydrogen) atoms. The summed E-state index contributed by atoms with van der Waals surface area (Å²) >= 11 is 0. The fourth-order valence-corrected chi connectivity index (χ4v) is 1.97. The number of alkyl halides is 2. The number of esters is 1. The maximum absolute atomic E-state index is 14.0. The molecule has 1 unspecified atom stereocenters. The van der Waals surface area contributed by atoms with E-state index < -0.39 is 41.3 Å². The number of rotatable bonds is 6. The smallest absolute Gasteiger partial charge is 0.338 e. The average Bonchev–Trinajstić information content (AvgIpc) is 2.44. The van der Waals surface area contributed by atoms with Crippen LogP contribution in [-0.2, 0) is 9.53 Å². The molecule has 0 heterocycles. The largest absolute Gasteiger partial charge is 0.544 e. The topological polar surface area (TPSA) is 75.7 Å². The first kappa shape index (κ1) is 20.8. The molecular weight excluding hydrogens is 341 g/mol. The highest BCUT2D eigenvalue weighted by Gasteiger charge is 2.46. The van der Waals surface area contributed by atoms with Gasteiger partial charge in [0.25, 0.3) is 0 Å². The van der Waals surface area contributed by atoms with Crippen molar-refractivity contribution in [3.05, 3.63) is 29.6 Å². The second-order valence-electron chi connectivity index (χ2n) is 6.84. The Labute approximate surface area is 143 Å². The molecule has 0 N–H and O–H groups in total. The second-order valence-corrected chi connectivity index (χ2v) is 6.84. The van der Waals surface area contributed by atoms with Crippen molar-refractivity contribution in [2.75, 3.05) is 0 Å². The molecule has 0 aliphatic rings. The van der Waals surface area contributed by atoms with Gasteiger partial charge in [0.2, 0.25) is 0 Å². The quantitative estimate of drug-likeness (QED) is 0.728. The molecule has 0 fully saturated rings. The van der Waals surface area contributed by atoms with Gasteiger partial charge in [-0.3, -0.25) is 0 Å². The number of aliphatic carboxylic acids is 1. The zero-order valence-electron chi connectivity index (χ0n) is 14.6. The van der Waals surface area contributed by atoms with Crippen molar-refractivity contribution in [3.8, 4) is 5.75 Å². The van der Waals surface area contributed by atoms with Crippen LogP contribution in [0.4, 0.5) is 13.2 Å². The van der Waals surface area contributed by atoms with Gasteiger partial charge in [-0.25, -0.2) is 9.18 Å². The van der Waals surface area contributed by atoms with E-state index in [1.807, 2.05) is 0 Å². The number of benzene rings is 1. The zero-order valence-corrected chi connectivity index (χ0v) is 14.6. The van der Waals surface area contributed by atoms with E-state index in [9.17, 15) is 27.9 Å². The predicted octanol–water partition coefficient (Wildman–Crippen LogP) is 2.57. The van der Waals surface area contributed by atoms with Gasteiger partial charge in [-0.15, -0.1) is 0 Å². The third-order valence-corrected chi connectivity index (χ3v) is 3.05. The second kappa shape index (κ2) is 7.33. The van der Waals surface area contributed by atoms with Crippen LogP contribution in [0.5, 0.6) is 5.75 Å². The summed E-state index contributed by atoms with van der Waals surface area (Å²) in [5.74, 6) is -10.3. The number of carboxylic acids is 1. The third kappa shape index (κ3) is 5.37. The summed E-state index contributed by atoms with van der Waals surface area (Å²) in [5, 5.41) is 10.6. The molecule has 0 spiro atoms. The molecule has 5 nitrogen and oxygen atoms in total. The normalized spacial score (nSPS) is 13.5. The SMILES string of the molecule is CC(C)C(OC(=O)c1ccc(OC(C)(C)C)c(F)c1)C(F)(F)C(=O)[O-]. The van der Waals surface area contributed by atoms with Gasteiger partial charge >= 0.3 is 11.9 Å². The summed E-state index contributed by atoms with van der Waals surface area (Å²) < 4.78 is 51.2. The van der Waals surface area contributed by atoms with E-state index in [4.69, 9.17) is 4.74 Å². The highest BCUT2D eigenvalue weighted by atomic mass is 19.3. The van der Waals surface area contributed by atoms with E-state index in [0.29, 0.717) is 0 Å². The van der Waals surface area contributed by atoms with E-state index in [-0.39, 0.29) is 11.3 Å². The molecule has 0 saturated heterocycles. The monoisotopic (exact) mass is 361 g/mol. The maximum Gasteiger partial charge on any atom is 0.338 e. The number of carboxylic acid groups (broad SMARTS) is 1. The maximum atomic E-state index is 14.0. The lowest BCUT2D eigenvalue weighted by Crippen LogP contribution is -2.53. The van der Waals surface area contributed by atoms with Crippen molar-refractivity contribution < 1.29 is 37.3 Å². The van der Waals surface area contributed by atoms with E-state index in [2.05, 4.69) is 4.74 Å². The molecule has 0 aliphatic carbocycles. The highest BCUT2D eigenvalue weighted by molar-refractivity contribution is 5.90. The standard InChI is InChI=1S/C17H21F3O5/c1-9(2)13(17(19,20)15(22)23)24-14(21)10-6-7-12(11(18)8-10)25-16(3,4)5/h6-9,13H,1-5H3,(H,22,23)/p-1. The number of carbonyl (C=O) groups is 2. The van der Waals surface area contributed by atoms with Crippen LogP contribution in [0.3, 0.4) is 0 Å². The Morgan fingerprint density at radius 3 is 2.12 bits per heavy atom. The van der Waals surface area contributed by atoms with Crippen LogP contribution in [-0.4, -0.2) is 29.6 Å². The van der Waals surface area contributed by atoms with Crippen LogP contribution < -0.4 is 9.84 Å². The lowest BCUT2D eigenvalue weighted by atomic mass is 10.0. The number of halogens is 3.